The zero-order valence-corrected chi connectivity index (χ0v) is 13.8. The third-order valence-electron chi connectivity index (χ3n) is 3.81. The molecule has 4 rings (SSSR count). The van der Waals surface area contributed by atoms with Crippen LogP contribution in [0.3, 0.4) is 0 Å². The Balaban J connectivity index is 0.00000196. The van der Waals surface area contributed by atoms with Crippen LogP contribution in [-0.4, -0.2) is 30.9 Å². The number of H-pyrrole nitrogens is 1. The Morgan fingerprint density at radius 1 is 1.15 bits per heavy atom. The van der Waals surface area contributed by atoms with E-state index in [4.69, 9.17) is 0 Å². The van der Waals surface area contributed by atoms with Gasteiger partial charge >= 0.3 is 6.18 Å². The maximum absolute atomic E-state index is 13.0. The van der Waals surface area contributed by atoms with Crippen LogP contribution in [0, 0.1) is 0 Å². The summed E-state index contributed by atoms with van der Waals surface area (Å²) in [7, 11) is 0. The van der Waals surface area contributed by atoms with Crippen molar-refractivity contribution in [3.8, 4) is 11.3 Å². The Morgan fingerprint density at radius 3 is 2.65 bits per heavy atom. The second-order valence-electron chi connectivity index (χ2n) is 5.47. The van der Waals surface area contributed by atoms with Crippen LogP contribution >= 0.6 is 12.4 Å². The van der Waals surface area contributed by atoms with Crippen molar-refractivity contribution < 1.29 is 13.2 Å². The number of fused-ring (bicyclic) bond motifs is 3. The molecule has 0 bridgehead atoms. The van der Waals surface area contributed by atoms with E-state index < -0.39 is 18.3 Å². The summed E-state index contributed by atoms with van der Waals surface area (Å²) in [5, 5.41) is 6.45. The van der Waals surface area contributed by atoms with Crippen LogP contribution in [0.5, 0.6) is 0 Å². The molecule has 26 heavy (non-hydrogen) atoms. The van der Waals surface area contributed by atoms with E-state index in [0.717, 1.165) is 0 Å². The van der Waals surface area contributed by atoms with E-state index in [1.807, 2.05) is 0 Å². The zero-order chi connectivity index (χ0) is 17.6. The number of pyridine rings is 3. The van der Waals surface area contributed by atoms with Crippen LogP contribution in [0.4, 0.5) is 13.2 Å². The third kappa shape index (κ3) is 3.01. The first-order chi connectivity index (χ1) is 11.9. The van der Waals surface area contributed by atoms with E-state index in [9.17, 15) is 18.0 Å². The number of hydrogen-bond donors (Lipinski definition) is 1. The highest BCUT2D eigenvalue weighted by molar-refractivity contribution is 6.01. The summed E-state index contributed by atoms with van der Waals surface area (Å²) >= 11 is 0. The quantitative estimate of drug-likeness (QED) is 0.578. The largest absolute Gasteiger partial charge is 0.406 e. The lowest BCUT2D eigenvalue weighted by Gasteiger charge is -2.13. The SMILES string of the molecule is Cl.O=c1c2cn[nH]c2c2ncc(-c3ccccn3)cc2n1CC(F)(F)F. The minimum Gasteiger partial charge on any atom is -0.297 e. The number of rotatable bonds is 2. The maximum atomic E-state index is 13.0. The van der Waals surface area contributed by atoms with Crippen LogP contribution in [0.15, 0.2) is 47.7 Å². The second-order valence-corrected chi connectivity index (χ2v) is 5.47. The number of alkyl halides is 3. The predicted molar refractivity (Wildman–Crippen MR) is 92.2 cm³/mol. The van der Waals surface area contributed by atoms with Crippen molar-refractivity contribution >= 4 is 34.3 Å². The van der Waals surface area contributed by atoms with Crippen molar-refractivity contribution in [1.29, 1.82) is 0 Å². The lowest BCUT2D eigenvalue weighted by atomic mass is 10.1. The number of nitrogens with one attached hydrogen (secondary N) is 1. The molecule has 0 aliphatic rings. The molecule has 1 N–H and O–H groups in total. The molecule has 0 saturated heterocycles. The molecular weight excluding hydrogens is 371 g/mol. The lowest BCUT2D eigenvalue weighted by molar-refractivity contribution is -0.140. The average molecular weight is 382 g/mol. The Hall–Kier alpha value is -2.94. The first-order valence-electron chi connectivity index (χ1n) is 7.28. The maximum Gasteiger partial charge on any atom is 0.406 e. The predicted octanol–water partition coefficient (Wildman–Crippen LogP) is 3.32. The summed E-state index contributed by atoms with van der Waals surface area (Å²) in [5.41, 5.74) is 0.924. The van der Waals surface area contributed by atoms with Crippen molar-refractivity contribution in [1.82, 2.24) is 24.7 Å². The van der Waals surface area contributed by atoms with Crippen LogP contribution < -0.4 is 5.56 Å². The number of aromatic amines is 1. The van der Waals surface area contributed by atoms with Crippen molar-refractivity contribution in [3.63, 3.8) is 0 Å². The molecule has 0 spiro atoms. The first-order valence-corrected chi connectivity index (χ1v) is 7.28. The fourth-order valence-electron chi connectivity index (χ4n) is 2.74. The highest BCUT2D eigenvalue weighted by atomic mass is 35.5. The van der Waals surface area contributed by atoms with Gasteiger partial charge in [0, 0.05) is 18.0 Å². The monoisotopic (exact) mass is 381 g/mol. The van der Waals surface area contributed by atoms with Gasteiger partial charge in [0.25, 0.3) is 5.56 Å². The zero-order valence-electron chi connectivity index (χ0n) is 13.0. The lowest BCUT2D eigenvalue weighted by Crippen LogP contribution is -2.28. The van der Waals surface area contributed by atoms with Crippen LogP contribution in [-0.2, 0) is 6.54 Å². The van der Waals surface area contributed by atoms with E-state index in [0.29, 0.717) is 21.3 Å². The van der Waals surface area contributed by atoms with Gasteiger partial charge < -0.3 is 0 Å². The molecule has 0 aliphatic carbocycles. The Labute approximate surface area is 150 Å². The van der Waals surface area contributed by atoms with Gasteiger partial charge in [0.1, 0.15) is 12.1 Å². The minimum absolute atomic E-state index is 0. The highest BCUT2D eigenvalue weighted by Gasteiger charge is 2.30. The van der Waals surface area contributed by atoms with Gasteiger partial charge in [0.05, 0.1) is 28.3 Å². The molecule has 0 radical (unpaired) electrons. The van der Waals surface area contributed by atoms with Gasteiger partial charge in [-0.1, -0.05) is 6.07 Å². The van der Waals surface area contributed by atoms with E-state index in [-0.39, 0.29) is 28.8 Å². The van der Waals surface area contributed by atoms with E-state index >= 15 is 0 Å². The van der Waals surface area contributed by atoms with Gasteiger partial charge in [-0.2, -0.15) is 18.3 Å². The summed E-state index contributed by atoms with van der Waals surface area (Å²) in [5.74, 6) is 0. The fourth-order valence-corrected chi connectivity index (χ4v) is 2.74. The van der Waals surface area contributed by atoms with Gasteiger partial charge in [-0.15, -0.1) is 12.4 Å². The molecule has 0 aromatic carbocycles. The molecular formula is C16H11ClF3N5O. The smallest absolute Gasteiger partial charge is 0.297 e. The van der Waals surface area contributed by atoms with Crippen molar-refractivity contribution in [2.75, 3.05) is 0 Å². The second kappa shape index (κ2) is 6.41. The van der Waals surface area contributed by atoms with Gasteiger partial charge in [-0.3, -0.25) is 24.4 Å². The molecule has 134 valence electrons. The molecule has 0 amide bonds. The van der Waals surface area contributed by atoms with Gasteiger partial charge in [0.2, 0.25) is 0 Å². The fraction of sp³-hybridized carbons (Fsp3) is 0.125. The number of halogens is 4. The highest BCUT2D eigenvalue weighted by Crippen LogP contribution is 2.26. The topological polar surface area (TPSA) is 76.5 Å². The third-order valence-corrected chi connectivity index (χ3v) is 3.81. The van der Waals surface area contributed by atoms with Crippen molar-refractivity contribution in [3.05, 3.63) is 53.2 Å². The van der Waals surface area contributed by atoms with Crippen LogP contribution in [0.1, 0.15) is 0 Å². The minimum atomic E-state index is -4.55. The number of nitrogens with zero attached hydrogens (tertiary/aromatic N) is 4. The van der Waals surface area contributed by atoms with Gasteiger partial charge in [0.15, 0.2) is 0 Å². The Morgan fingerprint density at radius 2 is 1.96 bits per heavy atom. The molecule has 4 aromatic rings. The summed E-state index contributed by atoms with van der Waals surface area (Å²) in [6.45, 7) is -1.41. The van der Waals surface area contributed by atoms with Gasteiger partial charge in [-0.25, -0.2) is 0 Å². The van der Waals surface area contributed by atoms with E-state index in [2.05, 4.69) is 20.2 Å². The summed E-state index contributed by atoms with van der Waals surface area (Å²) in [6, 6.07) is 6.68. The molecule has 4 heterocycles. The average Bonchev–Trinajstić information content (AvgIpc) is 3.08. The van der Waals surface area contributed by atoms with E-state index in [1.165, 1.54) is 18.5 Å². The molecule has 0 unspecified atom stereocenters. The van der Waals surface area contributed by atoms with Gasteiger partial charge in [-0.05, 0) is 18.2 Å². The van der Waals surface area contributed by atoms with Crippen LogP contribution in [0.25, 0.3) is 33.2 Å². The first kappa shape index (κ1) is 17.9. The normalized spacial score (nSPS) is 11.7. The Kier molecular flexibility index (Phi) is 4.41. The molecule has 0 aliphatic heterocycles. The molecule has 10 heteroatoms. The summed E-state index contributed by atoms with van der Waals surface area (Å²) < 4.78 is 39.6. The molecule has 0 atom stereocenters. The summed E-state index contributed by atoms with van der Waals surface area (Å²) in [6.07, 6.45) is -0.263. The Bertz CT molecular complexity index is 1140. The van der Waals surface area contributed by atoms with Crippen LogP contribution in [0.2, 0.25) is 0 Å². The number of hydrogen-bond acceptors (Lipinski definition) is 4. The molecule has 6 nitrogen and oxygen atoms in total. The van der Waals surface area contributed by atoms with E-state index in [1.54, 1.807) is 24.4 Å². The van der Waals surface area contributed by atoms with Crippen molar-refractivity contribution in [2.45, 2.75) is 12.7 Å². The standard InChI is InChI=1S/C16H10F3N5O.ClH/c17-16(18,19)8-24-12-5-9(11-3-1-2-4-20-11)6-21-14(12)13-10(15(24)25)7-22-23-13;/h1-7H,8H2,(H,22,23);1H. The van der Waals surface area contributed by atoms with Crippen molar-refractivity contribution in [2.24, 2.45) is 0 Å². The number of aromatic nitrogens is 5. The molecule has 0 saturated carbocycles. The molecule has 0 fully saturated rings. The molecule has 4 aromatic heterocycles. The summed E-state index contributed by atoms with van der Waals surface area (Å²) in [4.78, 5) is 20.9.